The van der Waals surface area contributed by atoms with E-state index >= 15 is 0 Å². The summed E-state index contributed by atoms with van der Waals surface area (Å²) in [7, 11) is 1.34. The van der Waals surface area contributed by atoms with Gasteiger partial charge in [-0.1, -0.05) is 17.7 Å². The van der Waals surface area contributed by atoms with Gasteiger partial charge in [-0.3, -0.25) is 4.98 Å². The molecule has 0 saturated heterocycles. The number of benzene rings is 1. The summed E-state index contributed by atoms with van der Waals surface area (Å²) in [5.74, 6) is -0.390. The topological polar surface area (TPSA) is 51.2 Å². The maximum Gasteiger partial charge on any atom is 0.339 e. The lowest BCUT2D eigenvalue weighted by Crippen LogP contribution is -2.05. The number of carbonyl (C=O) groups is 1. The molecule has 0 aliphatic carbocycles. The molecule has 1 heterocycles. The van der Waals surface area contributed by atoms with Crippen molar-refractivity contribution in [3.05, 3.63) is 58.4 Å². The van der Waals surface area contributed by atoms with Gasteiger partial charge in [0.15, 0.2) is 0 Å². The molecule has 0 unspecified atom stereocenters. The Bertz CT molecular complexity index is 612. The second-order valence-corrected chi connectivity index (χ2v) is 4.77. The molecular weight excluding hydrogens is 276 g/mol. The lowest BCUT2D eigenvalue weighted by Gasteiger charge is -2.09. The van der Waals surface area contributed by atoms with Crippen LogP contribution in [-0.4, -0.2) is 18.1 Å². The van der Waals surface area contributed by atoms with Crippen LogP contribution in [0.5, 0.6) is 0 Å². The van der Waals surface area contributed by atoms with Crippen molar-refractivity contribution in [3.63, 3.8) is 0 Å². The smallest absolute Gasteiger partial charge is 0.339 e. The van der Waals surface area contributed by atoms with E-state index in [0.717, 1.165) is 16.9 Å². The fourth-order valence-corrected chi connectivity index (χ4v) is 1.91. The second-order valence-electron chi connectivity index (χ2n) is 4.37. The van der Waals surface area contributed by atoms with Gasteiger partial charge in [-0.05, 0) is 36.8 Å². The van der Waals surface area contributed by atoms with Crippen LogP contribution >= 0.6 is 11.6 Å². The average Bonchev–Trinajstić information content (AvgIpc) is 2.48. The van der Waals surface area contributed by atoms with Gasteiger partial charge >= 0.3 is 5.97 Å². The molecule has 2 aromatic rings. The number of anilines is 1. The van der Waals surface area contributed by atoms with Crippen molar-refractivity contribution >= 4 is 23.3 Å². The normalized spacial score (nSPS) is 10.2. The van der Waals surface area contributed by atoms with E-state index in [1.165, 1.54) is 13.3 Å². The number of pyridine rings is 1. The van der Waals surface area contributed by atoms with E-state index in [-0.39, 0.29) is 0 Å². The molecule has 0 aliphatic heterocycles. The van der Waals surface area contributed by atoms with Crippen LogP contribution in [0.25, 0.3) is 0 Å². The molecule has 0 fully saturated rings. The van der Waals surface area contributed by atoms with E-state index in [4.69, 9.17) is 11.6 Å². The molecule has 4 nitrogen and oxygen atoms in total. The molecule has 104 valence electrons. The third-order valence-corrected chi connectivity index (χ3v) is 3.16. The molecule has 0 atom stereocenters. The number of ether oxygens (including phenoxy) is 1. The van der Waals surface area contributed by atoms with Gasteiger partial charge < -0.3 is 10.1 Å². The number of hydrogen-bond acceptors (Lipinski definition) is 4. The molecule has 2 rings (SSSR count). The van der Waals surface area contributed by atoms with Crippen molar-refractivity contribution in [2.24, 2.45) is 0 Å². The van der Waals surface area contributed by atoms with Crippen LogP contribution in [0, 0.1) is 6.92 Å². The Hall–Kier alpha value is -2.07. The number of carbonyl (C=O) groups excluding carboxylic acids is 1. The minimum Gasteiger partial charge on any atom is -0.465 e. The Morgan fingerprint density at radius 3 is 2.80 bits per heavy atom. The first-order valence-electron chi connectivity index (χ1n) is 6.13. The molecule has 0 amide bonds. The maximum atomic E-state index is 11.3. The molecule has 5 heteroatoms. The number of rotatable bonds is 4. The van der Waals surface area contributed by atoms with Gasteiger partial charge in [0.25, 0.3) is 0 Å². The lowest BCUT2D eigenvalue weighted by atomic mass is 10.2. The number of aromatic nitrogens is 1. The fraction of sp³-hybridized carbons (Fsp3) is 0.200. The molecule has 0 spiro atoms. The van der Waals surface area contributed by atoms with E-state index in [2.05, 4.69) is 15.0 Å². The van der Waals surface area contributed by atoms with Crippen molar-refractivity contribution in [2.45, 2.75) is 13.5 Å². The maximum absolute atomic E-state index is 11.3. The van der Waals surface area contributed by atoms with Crippen LogP contribution in [0.2, 0.25) is 5.02 Å². The summed E-state index contributed by atoms with van der Waals surface area (Å²) in [6.45, 7) is 2.54. The lowest BCUT2D eigenvalue weighted by molar-refractivity contribution is 0.0600. The molecule has 1 N–H and O–H groups in total. The van der Waals surface area contributed by atoms with Crippen LogP contribution in [0.15, 0.2) is 36.5 Å². The summed E-state index contributed by atoms with van der Waals surface area (Å²) in [5.41, 5.74) is 3.25. The zero-order valence-corrected chi connectivity index (χ0v) is 12.1. The second kappa shape index (κ2) is 6.39. The third kappa shape index (κ3) is 3.48. The number of halogens is 1. The Labute approximate surface area is 122 Å². The fourth-order valence-electron chi connectivity index (χ4n) is 1.73. The van der Waals surface area contributed by atoms with Gasteiger partial charge in [-0.15, -0.1) is 0 Å². The van der Waals surface area contributed by atoms with Crippen molar-refractivity contribution < 1.29 is 9.53 Å². The first kappa shape index (κ1) is 14.3. The molecule has 0 bridgehead atoms. The monoisotopic (exact) mass is 290 g/mol. The SMILES string of the molecule is COC(=O)c1ccc(CNc2cc(C)ccc2Cl)nc1. The number of hydrogen-bond donors (Lipinski definition) is 1. The molecule has 0 radical (unpaired) electrons. The zero-order chi connectivity index (χ0) is 14.5. The predicted octanol–water partition coefficient (Wildman–Crippen LogP) is 3.44. The highest BCUT2D eigenvalue weighted by molar-refractivity contribution is 6.33. The number of methoxy groups -OCH3 is 1. The quantitative estimate of drug-likeness (QED) is 0.876. The summed E-state index contributed by atoms with van der Waals surface area (Å²) in [6.07, 6.45) is 1.50. The van der Waals surface area contributed by atoms with E-state index in [0.29, 0.717) is 17.1 Å². The van der Waals surface area contributed by atoms with Crippen molar-refractivity contribution in [1.29, 1.82) is 0 Å². The first-order chi connectivity index (χ1) is 9.60. The predicted molar refractivity (Wildman–Crippen MR) is 79.1 cm³/mol. The van der Waals surface area contributed by atoms with Crippen LogP contribution in [0.4, 0.5) is 5.69 Å². The number of nitrogens with one attached hydrogen (secondary N) is 1. The van der Waals surface area contributed by atoms with E-state index in [1.807, 2.05) is 25.1 Å². The first-order valence-corrected chi connectivity index (χ1v) is 6.51. The highest BCUT2D eigenvalue weighted by Gasteiger charge is 2.06. The molecule has 20 heavy (non-hydrogen) atoms. The van der Waals surface area contributed by atoms with Crippen LogP contribution in [0.3, 0.4) is 0 Å². The molecule has 0 aliphatic rings. The summed E-state index contributed by atoms with van der Waals surface area (Å²) < 4.78 is 4.62. The molecule has 1 aromatic carbocycles. The molecule has 0 saturated carbocycles. The average molecular weight is 291 g/mol. The largest absolute Gasteiger partial charge is 0.465 e. The van der Waals surface area contributed by atoms with Gasteiger partial charge in [-0.2, -0.15) is 0 Å². The summed E-state index contributed by atoms with van der Waals surface area (Å²) in [5, 5.41) is 3.89. The Kier molecular flexibility index (Phi) is 4.58. The summed E-state index contributed by atoms with van der Waals surface area (Å²) in [6, 6.07) is 9.26. The van der Waals surface area contributed by atoms with E-state index in [9.17, 15) is 4.79 Å². The summed E-state index contributed by atoms with van der Waals surface area (Å²) >= 11 is 6.10. The van der Waals surface area contributed by atoms with Gasteiger partial charge in [0.05, 0.1) is 35.6 Å². The number of esters is 1. The third-order valence-electron chi connectivity index (χ3n) is 2.83. The Morgan fingerprint density at radius 1 is 1.35 bits per heavy atom. The zero-order valence-electron chi connectivity index (χ0n) is 11.3. The highest BCUT2D eigenvalue weighted by atomic mass is 35.5. The summed E-state index contributed by atoms with van der Waals surface area (Å²) in [4.78, 5) is 15.5. The standard InChI is InChI=1S/C15H15ClN2O2/c1-10-3-6-13(16)14(7-10)18-9-12-5-4-11(8-17-12)15(19)20-2/h3-8,18H,9H2,1-2H3. The van der Waals surface area contributed by atoms with Gasteiger partial charge in [0.1, 0.15) is 0 Å². The van der Waals surface area contributed by atoms with Crippen molar-refractivity contribution in [1.82, 2.24) is 4.98 Å². The van der Waals surface area contributed by atoms with Crippen molar-refractivity contribution in [3.8, 4) is 0 Å². The minimum atomic E-state index is -0.390. The van der Waals surface area contributed by atoms with Crippen molar-refractivity contribution in [2.75, 3.05) is 12.4 Å². The van der Waals surface area contributed by atoms with Gasteiger partial charge in [0, 0.05) is 6.20 Å². The van der Waals surface area contributed by atoms with E-state index < -0.39 is 5.97 Å². The molecular formula is C15H15ClN2O2. The molecule has 1 aromatic heterocycles. The van der Waals surface area contributed by atoms with Gasteiger partial charge in [0.2, 0.25) is 0 Å². The van der Waals surface area contributed by atoms with Gasteiger partial charge in [-0.25, -0.2) is 4.79 Å². The minimum absolute atomic E-state index is 0.390. The van der Waals surface area contributed by atoms with Crippen LogP contribution in [0.1, 0.15) is 21.6 Å². The number of nitrogens with zero attached hydrogens (tertiary/aromatic N) is 1. The number of aryl methyl sites for hydroxylation is 1. The highest BCUT2D eigenvalue weighted by Crippen LogP contribution is 2.23. The Morgan fingerprint density at radius 2 is 2.15 bits per heavy atom. The van der Waals surface area contributed by atoms with Crippen LogP contribution in [-0.2, 0) is 11.3 Å². The van der Waals surface area contributed by atoms with Crippen LogP contribution < -0.4 is 5.32 Å². The Balaban J connectivity index is 2.04. The van der Waals surface area contributed by atoms with E-state index in [1.54, 1.807) is 12.1 Å².